The number of ketones is 1. The number of halogens is 4. The highest BCUT2D eigenvalue weighted by molar-refractivity contribution is 6.32. The summed E-state index contributed by atoms with van der Waals surface area (Å²) < 4.78 is 42.0. The molecule has 0 radical (unpaired) electrons. The summed E-state index contributed by atoms with van der Waals surface area (Å²) in [6.07, 6.45) is 2.35. The lowest BCUT2D eigenvalue weighted by Crippen LogP contribution is -2.03. The molecule has 2 nitrogen and oxygen atoms in total. The molecule has 0 bridgehead atoms. The molecule has 6 heteroatoms. The van der Waals surface area contributed by atoms with Crippen molar-refractivity contribution in [3.05, 3.63) is 70.5 Å². The predicted molar refractivity (Wildman–Crippen MR) is 77.8 cm³/mol. The molecule has 0 aliphatic heterocycles. The second-order valence-corrected chi connectivity index (χ2v) is 4.65. The zero-order valence-electron chi connectivity index (χ0n) is 11.1. The number of benzene rings is 2. The van der Waals surface area contributed by atoms with Crippen LogP contribution in [-0.2, 0) is 0 Å². The monoisotopic (exact) mass is 326 g/mol. The van der Waals surface area contributed by atoms with Gasteiger partial charge in [0.15, 0.2) is 5.78 Å². The largest absolute Gasteiger partial charge is 0.435 e. The van der Waals surface area contributed by atoms with E-state index in [0.29, 0.717) is 0 Å². The second kappa shape index (κ2) is 7.13. The lowest BCUT2D eigenvalue weighted by atomic mass is 10.1. The molecule has 0 N–H and O–H groups in total. The molecule has 0 saturated carbocycles. The van der Waals surface area contributed by atoms with Gasteiger partial charge >= 0.3 is 6.61 Å². The number of allylic oxidation sites excluding steroid dienone is 1. The molecule has 0 amide bonds. The van der Waals surface area contributed by atoms with Crippen molar-refractivity contribution >= 4 is 23.5 Å². The average molecular weight is 327 g/mol. The summed E-state index contributed by atoms with van der Waals surface area (Å²) in [6, 6.07) is 9.49. The molecule has 0 unspecified atom stereocenters. The van der Waals surface area contributed by atoms with E-state index in [9.17, 15) is 18.0 Å². The van der Waals surface area contributed by atoms with E-state index in [4.69, 9.17) is 11.6 Å². The fourth-order valence-electron chi connectivity index (χ4n) is 1.75. The summed E-state index contributed by atoms with van der Waals surface area (Å²) in [7, 11) is 0. The fourth-order valence-corrected chi connectivity index (χ4v) is 1.98. The van der Waals surface area contributed by atoms with Gasteiger partial charge in [0, 0.05) is 11.1 Å². The van der Waals surface area contributed by atoms with E-state index in [0.717, 1.165) is 6.08 Å². The van der Waals surface area contributed by atoms with E-state index in [1.54, 1.807) is 0 Å². The zero-order valence-corrected chi connectivity index (χ0v) is 11.9. The Morgan fingerprint density at radius 2 is 1.91 bits per heavy atom. The third kappa shape index (κ3) is 4.11. The number of hydrogen-bond donors (Lipinski definition) is 0. The maximum absolute atomic E-state index is 13.6. The van der Waals surface area contributed by atoms with Gasteiger partial charge in [0.25, 0.3) is 0 Å². The highest BCUT2D eigenvalue weighted by Crippen LogP contribution is 2.21. The van der Waals surface area contributed by atoms with E-state index in [-0.39, 0.29) is 21.9 Å². The maximum atomic E-state index is 13.6. The van der Waals surface area contributed by atoms with Crippen molar-refractivity contribution < 1.29 is 22.7 Å². The lowest BCUT2D eigenvalue weighted by molar-refractivity contribution is -0.0498. The molecule has 2 aromatic carbocycles. The van der Waals surface area contributed by atoms with Crippen LogP contribution in [0.5, 0.6) is 5.75 Å². The van der Waals surface area contributed by atoms with Crippen LogP contribution in [0.4, 0.5) is 13.2 Å². The summed E-state index contributed by atoms with van der Waals surface area (Å²) >= 11 is 5.84. The molecule has 2 rings (SSSR count). The van der Waals surface area contributed by atoms with Gasteiger partial charge in [-0.15, -0.1) is 0 Å². The van der Waals surface area contributed by atoms with Crippen molar-refractivity contribution in [2.75, 3.05) is 0 Å². The summed E-state index contributed by atoms with van der Waals surface area (Å²) in [5, 5.41) is 0.166. The van der Waals surface area contributed by atoms with Gasteiger partial charge in [-0.25, -0.2) is 4.39 Å². The van der Waals surface area contributed by atoms with Gasteiger partial charge in [-0.3, -0.25) is 4.79 Å². The normalized spacial score (nSPS) is 11.1. The first-order valence-electron chi connectivity index (χ1n) is 6.18. The minimum Gasteiger partial charge on any atom is -0.435 e. The lowest BCUT2D eigenvalue weighted by Gasteiger charge is -2.05. The van der Waals surface area contributed by atoms with Crippen LogP contribution in [0.3, 0.4) is 0 Å². The average Bonchev–Trinajstić information content (AvgIpc) is 2.46. The quantitative estimate of drug-likeness (QED) is 0.572. The topological polar surface area (TPSA) is 26.3 Å². The maximum Gasteiger partial charge on any atom is 0.387 e. The number of carbonyl (C=O) groups excluding carboxylic acids is 1. The fraction of sp³-hybridized carbons (Fsp3) is 0.0625. The molecule has 0 spiro atoms. The molecular weight excluding hydrogens is 317 g/mol. The number of hydrogen-bond acceptors (Lipinski definition) is 2. The van der Waals surface area contributed by atoms with Crippen LogP contribution in [-0.4, -0.2) is 12.4 Å². The number of rotatable bonds is 5. The van der Waals surface area contributed by atoms with Gasteiger partial charge in [0.05, 0.1) is 5.02 Å². The van der Waals surface area contributed by atoms with Crippen LogP contribution in [0, 0.1) is 5.82 Å². The van der Waals surface area contributed by atoms with Crippen molar-refractivity contribution in [2.24, 2.45) is 0 Å². The summed E-state index contributed by atoms with van der Waals surface area (Å²) in [4.78, 5) is 12.0. The Hall–Kier alpha value is -2.27. The van der Waals surface area contributed by atoms with Crippen molar-refractivity contribution in [2.45, 2.75) is 6.61 Å². The van der Waals surface area contributed by atoms with Crippen molar-refractivity contribution in [1.29, 1.82) is 0 Å². The number of carbonyl (C=O) groups is 1. The van der Waals surface area contributed by atoms with Crippen LogP contribution in [0.25, 0.3) is 6.08 Å². The third-order valence-corrected chi connectivity index (χ3v) is 3.07. The Labute approximate surface area is 129 Å². The highest BCUT2D eigenvalue weighted by atomic mass is 35.5. The smallest absolute Gasteiger partial charge is 0.387 e. The Morgan fingerprint density at radius 1 is 1.18 bits per heavy atom. The minimum absolute atomic E-state index is 0.0810. The first-order valence-corrected chi connectivity index (χ1v) is 6.56. The predicted octanol–water partition coefficient (Wildman–Crippen LogP) is 4.98. The zero-order chi connectivity index (χ0) is 16.1. The van der Waals surface area contributed by atoms with Gasteiger partial charge in [-0.2, -0.15) is 8.78 Å². The van der Waals surface area contributed by atoms with Crippen LogP contribution in [0.15, 0.2) is 48.5 Å². The molecule has 0 aliphatic rings. The van der Waals surface area contributed by atoms with Crippen molar-refractivity contribution in [3.63, 3.8) is 0 Å². The standard InChI is InChI=1S/C16H10ClF3O2/c17-13-5-2-6-14(18)12(13)7-8-15(21)10-3-1-4-11(9-10)22-16(19)20/h1-9,16H/b8-7+. The molecule has 0 aliphatic carbocycles. The van der Waals surface area contributed by atoms with E-state index < -0.39 is 18.2 Å². The molecule has 0 saturated heterocycles. The Kier molecular flexibility index (Phi) is 5.22. The van der Waals surface area contributed by atoms with Crippen LogP contribution >= 0.6 is 11.6 Å². The first kappa shape index (κ1) is 16.1. The Bertz CT molecular complexity index is 694. The van der Waals surface area contributed by atoms with E-state index >= 15 is 0 Å². The molecular formula is C16H10ClF3O2. The molecule has 114 valence electrons. The molecule has 2 aromatic rings. The summed E-state index contributed by atoms with van der Waals surface area (Å²) in [6.45, 7) is -2.97. The van der Waals surface area contributed by atoms with Gasteiger partial charge < -0.3 is 4.74 Å². The third-order valence-electron chi connectivity index (χ3n) is 2.74. The van der Waals surface area contributed by atoms with E-state index in [1.165, 1.54) is 48.5 Å². The number of alkyl halides is 2. The molecule has 0 heterocycles. The van der Waals surface area contributed by atoms with E-state index in [1.807, 2.05) is 0 Å². The Morgan fingerprint density at radius 3 is 2.59 bits per heavy atom. The second-order valence-electron chi connectivity index (χ2n) is 4.24. The summed E-state index contributed by atoms with van der Waals surface area (Å²) in [5.41, 5.74) is 0.222. The van der Waals surface area contributed by atoms with Gasteiger partial charge in [0.2, 0.25) is 0 Å². The van der Waals surface area contributed by atoms with Gasteiger partial charge in [0.1, 0.15) is 11.6 Å². The van der Waals surface area contributed by atoms with Crippen LogP contribution < -0.4 is 4.74 Å². The van der Waals surface area contributed by atoms with Crippen molar-refractivity contribution in [3.8, 4) is 5.75 Å². The minimum atomic E-state index is -2.97. The SMILES string of the molecule is O=C(/C=C/c1c(F)cccc1Cl)c1cccc(OC(F)F)c1. The number of ether oxygens (including phenoxy) is 1. The summed E-state index contributed by atoms with van der Waals surface area (Å²) in [5.74, 6) is -1.18. The first-order chi connectivity index (χ1) is 10.5. The van der Waals surface area contributed by atoms with Crippen LogP contribution in [0.2, 0.25) is 5.02 Å². The Balaban J connectivity index is 2.20. The van der Waals surface area contributed by atoms with Crippen LogP contribution in [0.1, 0.15) is 15.9 Å². The molecule has 0 aromatic heterocycles. The van der Waals surface area contributed by atoms with Crippen molar-refractivity contribution in [1.82, 2.24) is 0 Å². The molecule has 22 heavy (non-hydrogen) atoms. The van der Waals surface area contributed by atoms with Gasteiger partial charge in [-0.1, -0.05) is 29.8 Å². The molecule has 0 fully saturated rings. The van der Waals surface area contributed by atoms with Gasteiger partial charge in [-0.05, 0) is 36.4 Å². The van der Waals surface area contributed by atoms with E-state index in [2.05, 4.69) is 4.74 Å². The molecule has 0 atom stereocenters. The highest BCUT2D eigenvalue weighted by Gasteiger charge is 2.09.